The van der Waals surface area contributed by atoms with E-state index in [9.17, 15) is 22.0 Å². The summed E-state index contributed by atoms with van der Waals surface area (Å²) in [5.74, 6) is -1.58. The van der Waals surface area contributed by atoms with Crippen molar-refractivity contribution in [1.29, 1.82) is 0 Å². The number of halogens is 2. The highest BCUT2D eigenvalue weighted by molar-refractivity contribution is 7.89. The predicted octanol–water partition coefficient (Wildman–Crippen LogP) is 3.52. The first-order chi connectivity index (χ1) is 15.2. The van der Waals surface area contributed by atoms with Crippen LogP contribution in [0.2, 0.25) is 0 Å². The number of ether oxygens (including phenoxy) is 1. The molecule has 6 nitrogen and oxygen atoms in total. The molecule has 3 aliphatic heterocycles. The number of piperidine rings is 1. The second kappa shape index (κ2) is 7.60. The van der Waals surface area contributed by atoms with Crippen molar-refractivity contribution in [2.24, 2.45) is 0 Å². The van der Waals surface area contributed by atoms with E-state index in [1.165, 1.54) is 16.4 Å². The number of nitrogens with zero attached hydrogens (tertiary/aromatic N) is 2. The normalized spacial score (nSPS) is 25.5. The largest absolute Gasteiger partial charge is 0.342 e. The number of rotatable bonds is 3. The van der Waals surface area contributed by atoms with E-state index in [2.05, 4.69) is 0 Å². The number of aryl methyl sites for hydroxylation is 1. The van der Waals surface area contributed by atoms with Crippen LogP contribution in [0.25, 0.3) is 0 Å². The van der Waals surface area contributed by atoms with Crippen LogP contribution in [0.5, 0.6) is 0 Å². The third-order valence-electron chi connectivity index (χ3n) is 6.75. The molecule has 0 saturated carbocycles. The highest BCUT2D eigenvalue weighted by atomic mass is 32.2. The van der Waals surface area contributed by atoms with E-state index in [1.54, 1.807) is 23.1 Å². The van der Waals surface area contributed by atoms with Crippen molar-refractivity contribution in [2.75, 3.05) is 13.1 Å². The Morgan fingerprint density at radius 2 is 1.72 bits per heavy atom. The Labute approximate surface area is 185 Å². The zero-order valence-electron chi connectivity index (χ0n) is 17.6. The maximum absolute atomic E-state index is 13.8. The van der Waals surface area contributed by atoms with Crippen LogP contribution in [-0.4, -0.2) is 48.4 Å². The molecule has 0 radical (unpaired) electrons. The molecule has 0 bridgehead atoms. The van der Waals surface area contributed by atoms with Gasteiger partial charge in [0.2, 0.25) is 10.0 Å². The van der Waals surface area contributed by atoms with Gasteiger partial charge in [0.15, 0.2) is 5.60 Å². The lowest BCUT2D eigenvalue weighted by molar-refractivity contribution is -0.142. The molecule has 1 spiro atoms. The van der Waals surface area contributed by atoms with Gasteiger partial charge in [-0.05, 0) is 68.0 Å². The van der Waals surface area contributed by atoms with Crippen molar-refractivity contribution in [3.8, 4) is 0 Å². The van der Waals surface area contributed by atoms with Gasteiger partial charge in [-0.3, -0.25) is 4.79 Å². The summed E-state index contributed by atoms with van der Waals surface area (Å²) in [5, 5.41) is 0. The van der Waals surface area contributed by atoms with Gasteiger partial charge in [0.25, 0.3) is 5.91 Å². The molecule has 32 heavy (non-hydrogen) atoms. The van der Waals surface area contributed by atoms with E-state index >= 15 is 0 Å². The van der Waals surface area contributed by atoms with E-state index in [0.717, 1.165) is 11.6 Å². The fourth-order valence-corrected chi connectivity index (χ4v) is 6.70. The van der Waals surface area contributed by atoms with Crippen molar-refractivity contribution < 1.29 is 26.7 Å². The lowest BCUT2D eigenvalue weighted by Gasteiger charge is -2.37. The summed E-state index contributed by atoms with van der Waals surface area (Å²) in [5.41, 5.74) is 0.182. The Hall–Kier alpha value is -2.36. The van der Waals surface area contributed by atoms with Crippen molar-refractivity contribution in [3.63, 3.8) is 0 Å². The standard InChI is InChI=1S/C23H24F2N2O4S/c1-15-3-2-4-19(11-15)32(29,30)26-9-7-23(8-10-26)22(28)27-20(5-6-21(27)31-23)16-12-17(24)14-18(25)13-16/h2-4,11-14,20-21H,5-10H2,1H3/t20-,21+/m0/s1. The molecule has 9 heteroatoms. The van der Waals surface area contributed by atoms with Gasteiger partial charge >= 0.3 is 0 Å². The molecular formula is C23H24F2N2O4S. The molecule has 1 amide bonds. The summed E-state index contributed by atoms with van der Waals surface area (Å²) >= 11 is 0. The first-order valence-electron chi connectivity index (χ1n) is 10.7. The summed E-state index contributed by atoms with van der Waals surface area (Å²) in [7, 11) is -3.66. The van der Waals surface area contributed by atoms with Crippen LogP contribution in [0.3, 0.4) is 0 Å². The minimum atomic E-state index is -3.66. The van der Waals surface area contributed by atoms with E-state index in [4.69, 9.17) is 4.74 Å². The molecule has 3 saturated heterocycles. The summed E-state index contributed by atoms with van der Waals surface area (Å²) in [6, 6.07) is 9.62. The molecule has 0 aromatic heterocycles. The third-order valence-corrected chi connectivity index (χ3v) is 8.64. The zero-order valence-corrected chi connectivity index (χ0v) is 18.4. The van der Waals surface area contributed by atoms with Crippen LogP contribution in [0.1, 0.15) is 42.9 Å². The van der Waals surface area contributed by atoms with E-state index in [0.29, 0.717) is 18.4 Å². The van der Waals surface area contributed by atoms with Gasteiger partial charge in [-0.25, -0.2) is 17.2 Å². The number of amides is 1. The Kier molecular flexibility index (Phi) is 5.11. The molecule has 2 aromatic rings. The number of sulfonamides is 1. The van der Waals surface area contributed by atoms with Gasteiger partial charge in [-0.2, -0.15) is 4.31 Å². The van der Waals surface area contributed by atoms with E-state index < -0.39 is 39.5 Å². The van der Waals surface area contributed by atoms with Gasteiger partial charge in [-0.15, -0.1) is 0 Å². The number of carbonyl (C=O) groups is 1. The maximum atomic E-state index is 13.8. The lowest BCUT2D eigenvalue weighted by Crippen LogP contribution is -2.51. The molecule has 0 unspecified atom stereocenters. The Morgan fingerprint density at radius 3 is 2.38 bits per heavy atom. The Bertz CT molecular complexity index is 1160. The van der Waals surface area contributed by atoms with Crippen LogP contribution >= 0.6 is 0 Å². The van der Waals surface area contributed by atoms with Crippen molar-refractivity contribution >= 4 is 15.9 Å². The molecule has 3 heterocycles. The monoisotopic (exact) mass is 462 g/mol. The predicted molar refractivity (Wildman–Crippen MR) is 112 cm³/mol. The van der Waals surface area contributed by atoms with Crippen molar-refractivity contribution in [2.45, 2.75) is 55.4 Å². The third kappa shape index (κ3) is 3.43. The average Bonchev–Trinajstić information content (AvgIpc) is 3.26. The SMILES string of the molecule is Cc1cccc(S(=O)(=O)N2CCC3(CC2)O[C@@H]2CC[C@@H](c4cc(F)cc(F)c4)N2C3=O)c1. The number of hydrogen-bond acceptors (Lipinski definition) is 4. The fourth-order valence-electron chi connectivity index (χ4n) is 5.15. The molecule has 3 fully saturated rings. The van der Waals surface area contributed by atoms with Crippen LogP contribution < -0.4 is 0 Å². The number of carbonyl (C=O) groups excluding carboxylic acids is 1. The van der Waals surface area contributed by atoms with Gasteiger partial charge < -0.3 is 9.64 Å². The highest BCUT2D eigenvalue weighted by Crippen LogP contribution is 2.48. The maximum Gasteiger partial charge on any atom is 0.257 e. The van der Waals surface area contributed by atoms with Gasteiger partial charge in [-0.1, -0.05) is 12.1 Å². The lowest BCUT2D eigenvalue weighted by atomic mass is 9.90. The Morgan fingerprint density at radius 1 is 1.03 bits per heavy atom. The second-order valence-corrected chi connectivity index (χ2v) is 10.7. The summed E-state index contributed by atoms with van der Waals surface area (Å²) in [6.45, 7) is 2.17. The first kappa shape index (κ1) is 21.5. The first-order valence-corrected chi connectivity index (χ1v) is 12.2. The smallest absolute Gasteiger partial charge is 0.257 e. The molecule has 2 aromatic carbocycles. The summed E-state index contributed by atoms with van der Waals surface area (Å²) < 4.78 is 61.2. The molecule has 0 aliphatic carbocycles. The molecule has 0 N–H and O–H groups in total. The summed E-state index contributed by atoms with van der Waals surface area (Å²) in [4.78, 5) is 15.3. The number of fused-ring (bicyclic) bond motifs is 1. The van der Waals surface area contributed by atoms with Crippen LogP contribution in [-0.2, 0) is 19.6 Å². The Balaban J connectivity index is 1.34. The van der Waals surface area contributed by atoms with Crippen LogP contribution in [0.15, 0.2) is 47.4 Å². The van der Waals surface area contributed by atoms with Crippen molar-refractivity contribution in [1.82, 2.24) is 9.21 Å². The van der Waals surface area contributed by atoms with Gasteiger partial charge in [0.1, 0.15) is 17.9 Å². The fraction of sp³-hybridized carbons (Fsp3) is 0.435. The highest BCUT2D eigenvalue weighted by Gasteiger charge is 2.58. The minimum Gasteiger partial charge on any atom is -0.342 e. The van der Waals surface area contributed by atoms with E-state index in [1.807, 2.05) is 13.0 Å². The minimum absolute atomic E-state index is 0.168. The quantitative estimate of drug-likeness (QED) is 0.700. The van der Waals surface area contributed by atoms with Gasteiger partial charge in [0, 0.05) is 19.2 Å². The molecule has 5 rings (SSSR count). The van der Waals surface area contributed by atoms with Crippen LogP contribution in [0, 0.1) is 18.6 Å². The number of benzene rings is 2. The molecule has 2 atom stereocenters. The average molecular weight is 463 g/mol. The topological polar surface area (TPSA) is 66.9 Å². The van der Waals surface area contributed by atoms with Crippen LogP contribution in [0.4, 0.5) is 8.78 Å². The van der Waals surface area contributed by atoms with Crippen molar-refractivity contribution in [3.05, 3.63) is 65.2 Å². The molecule has 3 aliphatic rings. The van der Waals surface area contributed by atoms with Gasteiger partial charge in [0.05, 0.1) is 10.9 Å². The number of hydrogen-bond donors (Lipinski definition) is 0. The molecular weight excluding hydrogens is 438 g/mol. The molecule has 170 valence electrons. The second-order valence-electron chi connectivity index (χ2n) is 8.80. The summed E-state index contributed by atoms with van der Waals surface area (Å²) in [6.07, 6.45) is 1.16. The zero-order chi connectivity index (χ0) is 22.7. The van der Waals surface area contributed by atoms with E-state index in [-0.39, 0.29) is 36.7 Å².